The van der Waals surface area contributed by atoms with Crippen LogP contribution >= 0.6 is 0 Å². The molecule has 1 aromatic carbocycles. The second-order valence-corrected chi connectivity index (χ2v) is 1.82. The highest BCUT2D eigenvalue weighted by molar-refractivity contribution is 5.39. The van der Waals surface area contributed by atoms with E-state index >= 15 is 0 Å². The average Bonchev–Trinajstić information content (AvgIpc) is 2.03. The highest BCUT2D eigenvalue weighted by Crippen LogP contribution is 2.03. The van der Waals surface area contributed by atoms with Crippen molar-refractivity contribution in [2.45, 2.75) is 6.92 Å². The molecule has 0 saturated carbocycles. The predicted molar refractivity (Wildman–Crippen MR) is 40.5 cm³/mol. The minimum absolute atomic E-state index is 0.665. The van der Waals surface area contributed by atoms with E-state index in [2.05, 4.69) is 11.5 Å². The summed E-state index contributed by atoms with van der Waals surface area (Å²) in [5, 5.41) is 0. The van der Waals surface area contributed by atoms with Gasteiger partial charge >= 0.3 is 0 Å². The van der Waals surface area contributed by atoms with Crippen LogP contribution in [0, 0.1) is 6.07 Å². The Bertz CT molecular complexity index is 174. The normalized spacial score (nSPS) is 9.30. The lowest BCUT2D eigenvalue weighted by atomic mass is 10.3. The summed E-state index contributed by atoms with van der Waals surface area (Å²) < 4.78 is 0. The van der Waals surface area contributed by atoms with Crippen molar-refractivity contribution in [1.29, 1.82) is 0 Å². The lowest BCUT2D eigenvalue weighted by molar-refractivity contribution is 0.210. The van der Waals surface area contributed by atoms with Crippen LogP contribution in [0.15, 0.2) is 24.3 Å². The van der Waals surface area contributed by atoms with E-state index in [1.54, 1.807) is 0 Å². The van der Waals surface area contributed by atoms with Gasteiger partial charge in [0.15, 0.2) is 0 Å². The first-order chi connectivity index (χ1) is 4.93. The van der Waals surface area contributed by atoms with Crippen LogP contribution < -0.4 is 5.48 Å². The molecule has 53 valence electrons. The summed E-state index contributed by atoms with van der Waals surface area (Å²) in [4.78, 5) is 4.96. The van der Waals surface area contributed by atoms with Crippen LogP contribution in [-0.2, 0) is 4.84 Å². The maximum Gasteiger partial charge on any atom is 0.0717 e. The lowest BCUT2D eigenvalue weighted by Gasteiger charge is -2.02. The minimum Gasteiger partial charge on any atom is -0.276 e. The van der Waals surface area contributed by atoms with E-state index in [9.17, 15) is 0 Å². The molecular formula is C8H10NO. The number of rotatable bonds is 3. The lowest BCUT2D eigenvalue weighted by Crippen LogP contribution is -1.98. The van der Waals surface area contributed by atoms with Crippen LogP contribution in [-0.4, -0.2) is 6.61 Å². The Balaban J connectivity index is 2.43. The van der Waals surface area contributed by atoms with Gasteiger partial charge in [-0.05, 0) is 25.1 Å². The molecule has 10 heavy (non-hydrogen) atoms. The molecule has 0 heterocycles. The summed E-state index contributed by atoms with van der Waals surface area (Å²) in [6, 6.07) is 10.4. The maximum absolute atomic E-state index is 4.96. The molecule has 0 aromatic heterocycles. The summed E-state index contributed by atoms with van der Waals surface area (Å²) in [5.41, 5.74) is 3.73. The van der Waals surface area contributed by atoms with Gasteiger partial charge < -0.3 is 0 Å². The number of nitrogens with one attached hydrogen (secondary N) is 1. The molecular weight excluding hydrogens is 126 g/mol. The standard InChI is InChI=1S/C8H10NO/c1-2-10-9-8-6-4-3-5-7-8/h4-7,9H,2H2,1H3. The summed E-state index contributed by atoms with van der Waals surface area (Å²) in [6.07, 6.45) is 0. The van der Waals surface area contributed by atoms with Crippen molar-refractivity contribution in [3.8, 4) is 0 Å². The van der Waals surface area contributed by atoms with Gasteiger partial charge in [0.2, 0.25) is 0 Å². The number of benzene rings is 1. The van der Waals surface area contributed by atoms with Gasteiger partial charge in [-0.25, -0.2) is 0 Å². The van der Waals surface area contributed by atoms with Crippen LogP contribution in [0.3, 0.4) is 0 Å². The Kier molecular flexibility index (Phi) is 2.77. The minimum atomic E-state index is 0.665. The van der Waals surface area contributed by atoms with E-state index in [1.807, 2.05) is 31.2 Å². The average molecular weight is 136 g/mol. The zero-order valence-corrected chi connectivity index (χ0v) is 5.92. The second kappa shape index (κ2) is 3.90. The highest BCUT2D eigenvalue weighted by atomic mass is 16.6. The van der Waals surface area contributed by atoms with Gasteiger partial charge in [0.25, 0.3) is 0 Å². The van der Waals surface area contributed by atoms with Crippen molar-refractivity contribution in [2.24, 2.45) is 0 Å². The van der Waals surface area contributed by atoms with Crippen molar-refractivity contribution >= 4 is 5.69 Å². The fraction of sp³-hybridized carbons (Fsp3) is 0.250. The van der Waals surface area contributed by atoms with Crippen molar-refractivity contribution < 1.29 is 4.84 Å². The fourth-order valence-electron chi connectivity index (χ4n) is 0.610. The largest absolute Gasteiger partial charge is 0.276 e. The summed E-state index contributed by atoms with van der Waals surface area (Å²) in [5.74, 6) is 0. The molecule has 0 aliphatic rings. The zero-order valence-electron chi connectivity index (χ0n) is 5.92. The first-order valence-corrected chi connectivity index (χ1v) is 3.27. The summed E-state index contributed by atoms with van der Waals surface area (Å²) >= 11 is 0. The molecule has 0 saturated heterocycles. The van der Waals surface area contributed by atoms with E-state index in [1.165, 1.54) is 0 Å². The van der Waals surface area contributed by atoms with Crippen LogP contribution in [0.5, 0.6) is 0 Å². The molecule has 0 aliphatic heterocycles. The smallest absolute Gasteiger partial charge is 0.0717 e. The van der Waals surface area contributed by atoms with Crippen molar-refractivity contribution in [3.63, 3.8) is 0 Å². The van der Waals surface area contributed by atoms with E-state index in [0.717, 1.165) is 5.69 Å². The van der Waals surface area contributed by atoms with E-state index < -0.39 is 0 Å². The quantitative estimate of drug-likeness (QED) is 0.640. The molecule has 0 amide bonds. The molecule has 2 nitrogen and oxygen atoms in total. The van der Waals surface area contributed by atoms with Crippen LogP contribution in [0.4, 0.5) is 5.69 Å². The Morgan fingerprint density at radius 1 is 1.50 bits per heavy atom. The molecule has 0 bridgehead atoms. The Labute approximate surface area is 60.8 Å². The molecule has 1 rings (SSSR count). The van der Waals surface area contributed by atoms with Crippen molar-refractivity contribution in [2.75, 3.05) is 12.1 Å². The van der Waals surface area contributed by atoms with Gasteiger partial charge in [0.1, 0.15) is 0 Å². The number of hydrogen-bond donors (Lipinski definition) is 1. The number of hydrogen-bond acceptors (Lipinski definition) is 2. The van der Waals surface area contributed by atoms with Crippen LogP contribution in [0.2, 0.25) is 0 Å². The molecule has 0 atom stereocenters. The molecule has 1 radical (unpaired) electrons. The predicted octanol–water partition coefficient (Wildman–Crippen LogP) is 1.85. The Morgan fingerprint density at radius 3 is 2.80 bits per heavy atom. The van der Waals surface area contributed by atoms with Crippen molar-refractivity contribution in [1.82, 2.24) is 0 Å². The topological polar surface area (TPSA) is 21.3 Å². The van der Waals surface area contributed by atoms with Crippen LogP contribution in [0.1, 0.15) is 6.92 Å². The Hall–Kier alpha value is -1.02. The third-order valence-corrected chi connectivity index (χ3v) is 1.05. The van der Waals surface area contributed by atoms with E-state index in [0.29, 0.717) is 6.61 Å². The fourth-order valence-corrected chi connectivity index (χ4v) is 0.610. The molecule has 1 N–H and O–H groups in total. The molecule has 0 unspecified atom stereocenters. The van der Waals surface area contributed by atoms with Gasteiger partial charge in [-0.15, -0.1) is 0 Å². The van der Waals surface area contributed by atoms with Gasteiger partial charge in [-0.3, -0.25) is 10.3 Å². The maximum atomic E-state index is 4.96. The van der Waals surface area contributed by atoms with Gasteiger partial charge in [-0.1, -0.05) is 12.1 Å². The van der Waals surface area contributed by atoms with E-state index in [-0.39, 0.29) is 0 Å². The molecule has 0 fully saturated rings. The summed E-state index contributed by atoms with van der Waals surface area (Å²) in [7, 11) is 0. The molecule has 1 aromatic rings. The van der Waals surface area contributed by atoms with Crippen molar-refractivity contribution in [3.05, 3.63) is 30.3 Å². The molecule has 2 heteroatoms. The number of anilines is 1. The third kappa shape index (κ3) is 2.07. The zero-order chi connectivity index (χ0) is 7.23. The highest BCUT2D eigenvalue weighted by Gasteiger charge is 1.84. The first-order valence-electron chi connectivity index (χ1n) is 3.27. The second-order valence-electron chi connectivity index (χ2n) is 1.82. The third-order valence-electron chi connectivity index (χ3n) is 1.05. The SMILES string of the molecule is CCONc1cc[c]cc1. The first kappa shape index (κ1) is 7.09. The molecule has 0 spiro atoms. The van der Waals surface area contributed by atoms with E-state index in [4.69, 9.17) is 4.84 Å². The van der Waals surface area contributed by atoms with Crippen LogP contribution in [0.25, 0.3) is 0 Å². The van der Waals surface area contributed by atoms with Gasteiger partial charge in [-0.2, -0.15) is 0 Å². The molecule has 0 aliphatic carbocycles. The van der Waals surface area contributed by atoms with Gasteiger partial charge in [0, 0.05) is 0 Å². The summed E-state index contributed by atoms with van der Waals surface area (Å²) in [6.45, 7) is 2.60. The Morgan fingerprint density at radius 2 is 2.20 bits per heavy atom. The van der Waals surface area contributed by atoms with Gasteiger partial charge in [0.05, 0.1) is 12.3 Å². The monoisotopic (exact) mass is 136 g/mol.